The molecule has 0 aromatic heterocycles. The van der Waals surface area contributed by atoms with Crippen LogP contribution in [0, 0.1) is 11.8 Å². The molecule has 0 radical (unpaired) electrons. The minimum atomic E-state index is -0.626. The molecule has 6 heteroatoms. The predicted octanol–water partition coefficient (Wildman–Crippen LogP) is 0.996. The second kappa shape index (κ2) is 4.36. The molecule has 0 saturated carbocycles. The number of hydrogen-bond donors (Lipinski definition) is 2. The molecule has 0 heterocycles. The third-order valence-electron chi connectivity index (χ3n) is 3.49. The molecular formula is C12H14O6. The number of allylic oxidation sites excluding steroid dienone is 2. The van der Waals surface area contributed by atoms with Gasteiger partial charge in [-0.2, -0.15) is 0 Å². The molecule has 2 unspecified atom stereocenters. The van der Waals surface area contributed by atoms with Gasteiger partial charge in [-0.05, 0) is 0 Å². The maximum absolute atomic E-state index is 11.6. The molecule has 2 aliphatic carbocycles. The number of carbonyl (C=O) groups excluding carboxylic acids is 2. The van der Waals surface area contributed by atoms with Crippen molar-refractivity contribution < 1.29 is 29.3 Å². The van der Waals surface area contributed by atoms with Crippen LogP contribution >= 0.6 is 0 Å². The van der Waals surface area contributed by atoms with Crippen LogP contribution in [0.5, 0.6) is 0 Å². The summed E-state index contributed by atoms with van der Waals surface area (Å²) in [5.74, 6) is -2.23. The fourth-order valence-corrected chi connectivity index (χ4v) is 2.71. The van der Waals surface area contributed by atoms with Crippen LogP contribution in [-0.2, 0) is 19.1 Å². The van der Waals surface area contributed by atoms with Gasteiger partial charge >= 0.3 is 11.9 Å². The van der Waals surface area contributed by atoms with E-state index >= 15 is 0 Å². The molecule has 0 fully saturated rings. The van der Waals surface area contributed by atoms with Gasteiger partial charge in [0, 0.05) is 24.7 Å². The molecule has 2 N–H and O–H groups in total. The third-order valence-corrected chi connectivity index (χ3v) is 3.49. The third kappa shape index (κ3) is 1.64. The highest BCUT2D eigenvalue weighted by molar-refractivity contribution is 5.94. The first-order chi connectivity index (χ1) is 8.51. The zero-order chi connectivity index (χ0) is 13.4. The van der Waals surface area contributed by atoms with Crippen molar-refractivity contribution in [2.24, 2.45) is 11.8 Å². The minimum absolute atomic E-state index is 0.0780. The van der Waals surface area contributed by atoms with Gasteiger partial charge < -0.3 is 19.7 Å². The molecule has 2 aliphatic rings. The van der Waals surface area contributed by atoms with Crippen molar-refractivity contribution >= 4 is 11.9 Å². The number of fused-ring (bicyclic) bond motifs is 1. The molecule has 0 aromatic carbocycles. The van der Waals surface area contributed by atoms with Crippen LogP contribution in [0.4, 0.5) is 0 Å². The topological polar surface area (TPSA) is 93.1 Å². The summed E-state index contributed by atoms with van der Waals surface area (Å²) < 4.78 is 9.19. The number of hydrogen-bond acceptors (Lipinski definition) is 6. The Balaban J connectivity index is 2.31. The van der Waals surface area contributed by atoms with Gasteiger partial charge in [-0.3, -0.25) is 0 Å². The van der Waals surface area contributed by atoms with E-state index in [-0.39, 0.29) is 35.5 Å². The van der Waals surface area contributed by atoms with Crippen molar-refractivity contribution in [1.29, 1.82) is 0 Å². The molecule has 2 atom stereocenters. The van der Waals surface area contributed by atoms with E-state index < -0.39 is 23.8 Å². The Morgan fingerprint density at radius 3 is 1.56 bits per heavy atom. The van der Waals surface area contributed by atoms with Crippen LogP contribution in [0.15, 0.2) is 22.7 Å². The monoisotopic (exact) mass is 254 g/mol. The summed E-state index contributed by atoms with van der Waals surface area (Å²) in [5.41, 5.74) is 0.293. The largest absolute Gasteiger partial charge is 0.512 e. The highest BCUT2D eigenvalue weighted by Crippen LogP contribution is 2.49. The lowest BCUT2D eigenvalue weighted by atomic mass is 9.90. The Morgan fingerprint density at radius 1 is 0.944 bits per heavy atom. The molecule has 0 saturated heterocycles. The first-order valence-corrected chi connectivity index (χ1v) is 5.51. The van der Waals surface area contributed by atoms with Crippen LogP contribution in [0.25, 0.3) is 0 Å². The Labute approximate surface area is 104 Å². The number of carbonyl (C=O) groups is 2. The Bertz CT molecular complexity index is 429. The van der Waals surface area contributed by atoms with Crippen LogP contribution < -0.4 is 0 Å². The molecule has 0 amide bonds. The van der Waals surface area contributed by atoms with Gasteiger partial charge in [0.25, 0.3) is 0 Å². The van der Waals surface area contributed by atoms with Crippen molar-refractivity contribution in [1.82, 2.24) is 0 Å². The summed E-state index contributed by atoms with van der Waals surface area (Å²) in [6, 6.07) is 0. The minimum Gasteiger partial charge on any atom is -0.512 e. The van der Waals surface area contributed by atoms with E-state index in [0.717, 1.165) is 0 Å². The lowest BCUT2D eigenvalue weighted by Gasteiger charge is -2.13. The summed E-state index contributed by atoms with van der Waals surface area (Å²) >= 11 is 0. The van der Waals surface area contributed by atoms with Crippen molar-refractivity contribution in [3.05, 3.63) is 22.7 Å². The van der Waals surface area contributed by atoms with Crippen LogP contribution in [0.3, 0.4) is 0 Å². The zero-order valence-electron chi connectivity index (χ0n) is 10.1. The fourth-order valence-electron chi connectivity index (χ4n) is 2.71. The van der Waals surface area contributed by atoms with Gasteiger partial charge in [-0.25, -0.2) is 9.59 Å². The average Bonchev–Trinajstić information content (AvgIpc) is 2.80. The SMILES string of the molecule is COC(=O)C1=C(O)CC2C(C(=O)OC)=C(O)CC12. The number of esters is 2. The Morgan fingerprint density at radius 2 is 1.28 bits per heavy atom. The summed E-state index contributed by atoms with van der Waals surface area (Å²) in [5, 5.41) is 19.6. The number of methoxy groups -OCH3 is 2. The molecule has 2 rings (SSSR count). The molecule has 0 aromatic rings. The summed E-state index contributed by atoms with van der Waals surface area (Å²) in [6.07, 6.45) is 0.285. The van der Waals surface area contributed by atoms with Crippen molar-refractivity contribution in [3.8, 4) is 0 Å². The predicted molar refractivity (Wildman–Crippen MR) is 59.6 cm³/mol. The normalized spacial score (nSPS) is 26.3. The average molecular weight is 254 g/mol. The molecule has 6 nitrogen and oxygen atoms in total. The summed E-state index contributed by atoms with van der Waals surface area (Å²) in [7, 11) is 2.44. The van der Waals surface area contributed by atoms with E-state index in [2.05, 4.69) is 9.47 Å². The first-order valence-electron chi connectivity index (χ1n) is 5.51. The maximum atomic E-state index is 11.6. The maximum Gasteiger partial charge on any atom is 0.337 e. The fraction of sp³-hybridized carbons (Fsp3) is 0.500. The van der Waals surface area contributed by atoms with E-state index in [1.54, 1.807) is 0 Å². The van der Waals surface area contributed by atoms with Gasteiger partial charge in [-0.15, -0.1) is 0 Å². The van der Waals surface area contributed by atoms with Crippen molar-refractivity contribution in [3.63, 3.8) is 0 Å². The molecule has 0 aliphatic heterocycles. The van der Waals surface area contributed by atoms with Gasteiger partial charge in [0.15, 0.2) is 0 Å². The molecule has 0 bridgehead atoms. The lowest BCUT2D eigenvalue weighted by Crippen LogP contribution is -2.17. The molecule has 98 valence electrons. The highest BCUT2D eigenvalue weighted by Gasteiger charge is 2.48. The van der Waals surface area contributed by atoms with Gasteiger partial charge in [0.1, 0.15) is 11.5 Å². The van der Waals surface area contributed by atoms with E-state index in [4.69, 9.17) is 0 Å². The second-order valence-electron chi connectivity index (χ2n) is 4.33. The molecular weight excluding hydrogens is 240 g/mol. The van der Waals surface area contributed by atoms with Crippen LogP contribution in [-0.4, -0.2) is 36.4 Å². The zero-order valence-corrected chi connectivity index (χ0v) is 10.1. The van der Waals surface area contributed by atoms with E-state index in [0.29, 0.717) is 0 Å². The number of rotatable bonds is 2. The van der Waals surface area contributed by atoms with Gasteiger partial charge in [0.2, 0.25) is 0 Å². The van der Waals surface area contributed by atoms with E-state index in [9.17, 15) is 19.8 Å². The van der Waals surface area contributed by atoms with Crippen molar-refractivity contribution in [2.75, 3.05) is 14.2 Å². The first kappa shape index (κ1) is 12.5. The molecule has 0 spiro atoms. The quantitative estimate of drug-likeness (QED) is 0.714. The second-order valence-corrected chi connectivity index (χ2v) is 4.33. The number of ether oxygens (including phenoxy) is 2. The highest BCUT2D eigenvalue weighted by atomic mass is 16.5. The van der Waals surface area contributed by atoms with Crippen molar-refractivity contribution in [2.45, 2.75) is 12.8 Å². The lowest BCUT2D eigenvalue weighted by molar-refractivity contribution is -0.138. The summed E-state index contributed by atoms with van der Waals surface area (Å²) in [4.78, 5) is 23.1. The Hall–Kier alpha value is -1.98. The smallest absolute Gasteiger partial charge is 0.337 e. The standard InChI is InChI=1S/C12H14O6/c1-17-11(15)9-5-3-8(14)10(12(16)18-2)6(5)4-7(9)13/h5-6,13-14H,3-4H2,1-2H3. The summed E-state index contributed by atoms with van der Waals surface area (Å²) in [6.45, 7) is 0. The van der Waals surface area contributed by atoms with Crippen LogP contribution in [0.2, 0.25) is 0 Å². The van der Waals surface area contributed by atoms with E-state index in [1.807, 2.05) is 0 Å². The van der Waals surface area contributed by atoms with Gasteiger partial charge in [-0.1, -0.05) is 0 Å². The number of aliphatic hydroxyl groups excluding tert-OH is 2. The Kier molecular flexibility index (Phi) is 3.02. The number of aliphatic hydroxyl groups is 2. The van der Waals surface area contributed by atoms with E-state index in [1.165, 1.54) is 14.2 Å². The van der Waals surface area contributed by atoms with Gasteiger partial charge in [0.05, 0.1) is 25.4 Å². The van der Waals surface area contributed by atoms with Crippen LogP contribution in [0.1, 0.15) is 12.8 Å². The molecule has 18 heavy (non-hydrogen) atoms.